The topological polar surface area (TPSA) is 70.2 Å². The van der Waals surface area contributed by atoms with Crippen molar-refractivity contribution >= 4 is 17.3 Å². The first-order valence-corrected chi connectivity index (χ1v) is 5.05. The maximum absolute atomic E-state index is 10.5. The molecule has 0 atom stereocenters. The number of ether oxygens (including phenoxy) is 1. The summed E-state index contributed by atoms with van der Waals surface area (Å²) in [5, 5.41) is 14.7. The van der Waals surface area contributed by atoms with Crippen molar-refractivity contribution in [3.63, 3.8) is 0 Å². The van der Waals surface area contributed by atoms with Crippen molar-refractivity contribution in [2.45, 2.75) is 0 Å². The second kappa shape index (κ2) is 4.42. The van der Waals surface area contributed by atoms with Gasteiger partial charge < -0.3 is 4.74 Å². The van der Waals surface area contributed by atoms with Crippen molar-refractivity contribution in [3.05, 3.63) is 45.6 Å². The van der Waals surface area contributed by atoms with E-state index >= 15 is 0 Å². The van der Waals surface area contributed by atoms with E-state index in [-0.39, 0.29) is 10.7 Å². The summed E-state index contributed by atoms with van der Waals surface area (Å²) in [6.45, 7) is 0. The molecule has 0 bridgehead atoms. The highest BCUT2D eigenvalue weighted by Gasteiger charge is 2.11. The van der Waals surface area contributed by atoms with Gasteiger partial charge in [-0.05, 0) is 6.07 Å². The van der Waals surface area contributed by atoms with E-state index in [1.165, 1.54) is 18.2 Å². The Hall–Kier alpha value is -2.08. The molecule has 6 nitrogen and oxygen atoms in total. The second-order valence-electron chi connectivity index (χ2n) is 3.30. The van der Waals surface area contributed by atoms with Crippen LogP contribution in [0.1, 0.15) is 0 Å². The molecule has 0 spiro atoms. The van der Waals surface area contributed by atoms with Crippen LogP contribution in [0.5, 0.6) is 11.6 Å². The molecule has 1 heterocycles. The molecule has 0 aliphatic rings. The van der Waals surface area contributed by atoms with Gasteiger partial charge in [0, 0.05) is 31.4 Å². The lowest BCUT2D eigenvalue weighted by molar-refractivity contribution is -0.384. The third-order valence-corrected chi connectivity index (χ3v) is 2.33. The molecule has 17 heavy (non-hydrogen) atoms. The van der Waals surface area contributed by atoms with Crippen LogP contribution in [0.25, 0.3) is 0 Å². The maximum Gasteiger partial charge on any atom is 0.271 e. The fraction of sp³-hybridized carbons (Fsp3) is 0.100. The van der Waals surface area contributed by atoms with Crippen LogP contribution in [0.3, 0.4) is 0 Å². The summed E-state index contributed by atoms with van der Waals surface area (Å²) in [4.78, 5) is 10.00. The van der Waals surface area contributed by atoms with Gasteiger partial charge in [-0.25, -0.2) is 0 Å². The molecule has 1 aromatic heterocycles. The zero-order valence-electron chi connectivity index (χ0n) is 8.83. The van der Waals surface area contributed by atoms with Gasteiger partial charge in [-0.2, -0.15) is 0 Å². The first-order valence-electron chi connectivity index (χ1n) is 4.68. The van der Waals surface area contributed by atoms with Gasteiger partial charge in [-0.15, -0.1) is 5.10 Å². The smallest absolute Gasteiger partial charge is 0.271 e. The molecule has 1 aromatic carbocycles. The predicted molar refractivity (Wildman–Crippen MR) is 61.4 cm³/mol. The van der Waals surface area contributed by atoms with Crippen LogP contribution < -0.4 is 4.74 Å². The average Bonchev–Trinajstić information content (AvgIpc) is 2.67. The fourth-order valence-corrected chi connectivity index (χ4v) is 1.46. The number of nitro groups is 1. The van der Waals surface area contributed by atoms with E-state index in [9.17, 15) is 10.1 Å². The van der Waals surface area contributed by atoms with Gasteiger partial charge in [0.25, 0.3) is 5.69 Å². The number of nitrogens with zero attached hydrogens (tertiary/aromatic N) is 3. The van der Waals surface area contributed by atoms with Crippen molar-refractivity contribution in [3.8, 4) is 11.6 Å². The number of halogens is 1. The molecule has 88 valence electrons. The van der Waals surface area contributed by atoms with Crippen LogP contribution in [0.4, 0.5) is 5.69 Å². The van der Waals surface area contributed by atoms with E-state index in [1.807, 2.05) is 0 Å². The van der Waals surface area contributed by atoms with E-state index in [1.54, 1.807) is 24.0 Å². The van der Waals surface area contributed by atoms with Crippen LogP contribution in [0.2, 0.25) is 5.02 Å². The number of nitro benzene ring substituents is 1. The van der Waals surface area contributed by atoms with E-state index in [2.05, 4.69) is 5.10 Å². The summed E-state index contributed by atoms with van der Waals surface area (Å²) in [6, 6.07) is 5.66. The Kier molecular flexibility index (Phi) is 2.97. The number of hydrogen-bond acceptors (Lipinski definition) is 4. The minimum atomic E-state index is -0.517. The standard InChI is InChI=1S/C10H8ClN3O3/c1-13-5-4-10(12-13)17-9-3-2-7(14(15)16)6-8(9)11/h2-6H,1H3. The minimum Gasteiger partial charge on any atom is -0.436 e. The SMILES string of the molecule is Cn1ccc(Oc2ccc([N+](=O)[O-])cc2Cl)n1. The summed E-state index contributed by atoms with van der Waals surface area (Å²) >= 11 is 5.87. The Morgan fingerprint density at radius 3 is 2.76 bits per heavy atom. The third kappa shape index (κ3) is 2.54. The molecule has 0 aliphatic carbocycles. The van der Waals surface area contributed by atoms with Gasteiger partial charge in [0.15, 0.2) is 0 Å². The molecular formula is C10H8ClN3O3. The molecule has 0 saturated heterocycles. The van der Waals surface area contributed by atoms with Crippen molar-refractivity contribution in [1.29, 1.82) is 0 Å². The third-order valence-electron chi connectivity index (χ3n) is 2.03. The number of benzene rings is 1. The van der Waals surface area contributed by atoms with Gasteiger partial charge in [-0.1, -0.05) is 11.6 Å². The summed E-state index contributed by atoms with van der Waals surface area (Å²) < 4.78 is 6.96. The molecule has 7 heteroatoms. The number of aryl methyl sites for hydroxylation is 1. The molecule has 0 amide bonds. The molecule has 0 saturated carbocycles. The Balaban J connectivity index is 2.25. The van der Waals surface area contributed by atoms with Crippen molar-refractivity contribution in [1.82, 2.24) is 9.78 Å². The number of non-ortho nitro benzene ring substituents is 1. The second-order valence-corrected chi connectivity index (χ2v) is 3.71. The molecular weight excluding hydrogens is 246 g/mol. The zero-order chi connectivity index (χ0) is 12.4. The minimum absolute atomic E-state index is 0.0802. The molecule has 0 unspecified atom stereocenters. The van der Waals surface area contributed by atoms with Gasteiger partial charge in [0.2, 0.25) is 5.88 Å². The summed E-state index contributed by atoms with van der Waals surface area (Å²) in [6.07, 6.45) is 1.72. The van der Waals surface area contributed by atoms with Crippen LogP contribution in [0, 0.1) is 10.1 Å². The van der Waals surface area contributed by atoms with Crippen molar-refractivity contribution in [2.24, 2.45) is 7.05 Å². The first-order chi connectivity index (χ1) is 8.06. The Labute approximate surface area is 102 Å². The monoisotopic (exact) mass is 253 g/mol. The lowest BCUT2D eigenvalue weighted by atomic mass is 10.3. The predicted octanol–water partition coefficient (Wildman–Crippen LogP) is 2.77. The quantitative estimate of drug-likeness (QED) is 0.623. The van der Waals surface area contributed by atoms with E-state index < -0.39 is 4.92 Å². The van der Waals surface area contributed by atoms with Crippen LogP contribution >= 0.6 is 11.6 Å². The maximum atomic E-state index is 10.5. The van der Waals surface area contributed by atoms with Gasteiger partial charge in [-0.3, -0.25) is 14.8 Å². The lowest BCUT2D eigenvalue weighted by Crippen LogP contribution is -1.92. The molecule has 0 N–H and O–H groups in total. The zero-order valence-corrected chi connectivity index (χ0v) is 9.59. The van der Waals surface area contributed by atoms with E-state index in [0.29, 0.717) is 11.6 Å². The van der Waals surface area contributed by atoms with Crippen molar-refractivity contribution in [2.75, 3.05) is 0 Å². The first kappa shape index (κ1) is 11.4. The lowest BCUT2D eigenvalue weighted by Gasteiger charge is -2.03. The van der Waals surface area contributed by atoms with Gasteiger partial charge in [0.05, 0.1) is 9.95 Å². The Morgan fingerprint density at radius 1 is 1.47 bits per heavy atom. The van der Waals surface area contributed by atoms with Crippen molar-refractivity contribution < 1.29 is 9.66 Å². The van der Waals surface area contributed by atoms with E-state index in [4.69, 9.17) is 16.3 Å². The van der Waals surface area contributed by atoms with Crippen LogP contribution in [0.15, 0.2) is 30.5 Å². The highest BCUT2D eigenvalue weighted by atomic mass is 35.5. The number of aromatic nitrogens is 2. The fourth-order valence-electron chi connectivity index (χ4n) is 1.25. The van der Waals surface area contributed by atoms with Gasteiger partial charge >= 0.3 is 0 Å². The van der Waals surface area contributed by atoms with Crippen LogP contribution in [-0.2, 0) is 7.05 Å². The van der Waals surface area contributed by atoms with Crippen LogP contribution in [-0.4, -0.2) is 14.7 Å². The summed E-state index contributed by atoms with van der Waals surface area (Å²) in [7, 11) is 1.75. The normalized spacial score (nSPS) is 10.2. The molecule has 0 radical (unpaired) electrons. The molecule has 0 aliphatic heterocycles. The molecule has 0 fully saturated rings. The average molecular weight is 254 g/mol. The number of rotatable bonds is 3. The van der Waals surface area contributed by atoms with Gasteiger partial charge in [0.1, 0.15) is 5.75 Å². The molecule has 2 rings (SSSR count). The highest BCUT2D eigenvalue weighted by Crippen LogP contribution is 2.31. The summed E-state index contributed by atoms with van der Waals surface area (Å²) in [5.74, 6) is 0.708. The Bertz CT molecular complexity index is 568. The Morgan fingerprint density at radius 2 is 2.24 bits per heavy atom. The highest BCUT2D eigenvalue weighted by molar-refractivity contribution is 6.32. The summed E-state index contributed by atoms with van der Waals surface area (Å²) in [5.41, 5.74) is -0.0802. The largest absolute Gasteiger partial charge is 0.436 e. The van der Waals surface area contributed by atoms with E-state index in [0.717, 1.165) is 0 Å². The number of hydrogen-bond donors (Lipinski definition) is 0. The molecule has 2 aromatic rings.